The third-order valence-corrected chi connectivity index (χ3v) is 7.26. The monoisotopic (exact) mass is 461 g/mol. The van der Waals surface area contributed by atoms with E-state index in [1.165, 1.54) is 5.56 Å². The fourth-order valence-electron chi connectivity index (χ4n) is 5.40. The number of amides is 1. The second kappa shape index (κ2) is 8.29. The van der Waals surface area contributed by atoms with Gasteiger partial charge in [-0.15, -0.1) is 0 Å². The molecule has 8 heteroatoms. The SMILES string of the molecule is CC(C)c1ccc(C(O)(c2cncc(-c3noc([C@H]4CCC(=O)N4)n3)c2)C2(C)CN(C)C2)cc1. The van der Waals surface area contributed by atoms with E-state index in [1.54, 1.807) is 12.4 Å². The molecule has 178 valence electrons. The Labute approximate surface area is 199 Å². The minimum Gasteiger partial charge on any atom is -0.380 e. The molecule has 2 atom stereocenters. The molecule has 4 heterocycles. The van der Waals surface area contributed by atoms with Crippen LogP contribution in [-0.4, -0.2) is 51.2 Å². The van der Waals surface area contributed by atoms with E-state index in [2.05, 4.69) is 65.3 Å². The summed E-state index contributed by atoms with van der Waals surface area (Å²) in [7, 11) is 2.06. The highest BCUT2D eigenvalue weighted by atomic mass is 16.5. The summed E-state index contributed by atoms with van der Waals surface area (Å²) >= 11 is 0. The number of likely N-dealkylation sites (tertiary alicyclic amines) is 1. The van der Waals surface area contributed by atoms with Crippen molar-refractivity contribution >= 4 is 5.91 Å². The van der Waals surface area contributed by atoms with Crippen LogP contribution in [0.5, 0.6) is 0 Å². The summed E-state index contributed by atoms with van der Waals surface area (Å²) in [6, 6.07) is 9.88. The molecule has 2 fully saturated rings. The number of nitrogens with one attached hydrogen (secondary N) is 1. The highest BCUT2D eigenvalue weighted by molar-refractivity contribution is 5.78. The largest absolute Gasteiger partial charge is 0.380 e. The van der Waals surface area contributed by atoms with Crippen molar-refractivity contribution in [2.45, 2.75) is 51.2 Å². The van der Waals surface area contributed by atoms with Gasteiger partial charge in [-0.25, -0.2) is 0 Å². The molecule has 3 aromatic rings. The Morgan fingerprint density at radius 2 is 1.94 bits per heavy atom. The van der Waals surface area contributed by atoms with Crippen LogP contribution in [-0.2, 0) is 10.4 Å². The van der Waals surface area contributed by atoms with Gasteiger partial charge in [0.05, 0.1) is 0 Å². The number of aromatic nitrogens is 3. The number of pyridine rings is 1. The average molecular weight is 462 g/mol. The maximum Gasteiger partial charge on any atom is 0.249 e. The van der Waals surface area contributed by atoms with Gasteiger partial charge in [-0.3, -0.25) is 9.78 Å². The van der Waals surface area contributed by atoms with Gasteiger partial charge in [0.1, 0.15) is 11.6 Å². The van der Waals surface area contributed by atoms with Crippen LogP contribution in [0.1, 0.15) is 68.2 Å². The topological polar surface area (TPSA) is 104 Å². The number of carbonyl (C=O) groups is 1. The lowest BCUT2D eigenvalue weighted by atomic mass is 9.62. The molecule has 0 aliphatic carbocycles. The smallest absolute Gasteiger partial charge is 0.249 e. The maximum atomic E-state index is 12.4. The summed E-state index contributed by atoms with van der Waals surface area (Å²) in [6.07, 6.45) is 4.48. The number of aliphatic hydroxyl groups is 1. The van der Waals surface area contributed by atoms with Crippen molar-refractivity contribution in [1.29, 1.82) is 0 Å². The van der Waals surface area contributed by atoms with E-state index in [1.807, 2.05) is 18.2 Å². The fraction of sp³-hybridized carbons (Fsp3) is 0.462. The summed E-state index contributed by atoms with van der Waals surface area (Å²) in [4.78, 5) is 22.7. The second-order valence-corrected chi connectivity index (χ2v) is 10.3. The van der Waals surface area contributed by atoms with Crippen molar-refractivity contribution in [3.8, 4) is 11.4 Å². The molecule has 2 aromatic heterocycles. The summed E-state index contributed by atoms with van der Waals surface area (Å²) in [6.45, 7) is 7.95. The first kappa shape index (κ1) is 22.7. The maximum absolute atomic E-state index is 12.4. The van der Waals surface area contributed by atoms with Gasteiger partial charge in [-0.1, -0.05) is 50.2 Å². The summed E-state index contributed by atoms with van der Waals surface area (Å²) in [5.74, 6) is 1.17. The molecule has 2 N–H and O–H groups in total. The third-order valence-electron chi connectivity index (χ3n) is 7.26. The van der Waals surface area contributed by atoms with E-state index < -0.39 is 11.0 Å². The van der Waals surface area contributed by atoms with Crippen LogP contribution < -0.4 is 5.32 Å². The molecule has 0 spiro atoms. The van der Waals surface area contributed by atoms with Crippen LogP contribution in [0.15, 0.2) is 47.2 Å². The average Bonchev–Trinajstić information content (AvgIpc) is 3.47. The number of hydrogen-bond acceptors (Lipinski definition) is 7. The molecule has 5 rings (SSSR count). The highest BCUT2D eigenvalue weighted by Crippen LogP contribution is 2.50. The molecule has 2 saturated heterocycles. The predicted octanol–water partition coefficient (Wildman–Crippen LogP) is 3.39. The molecule has 0 saturated carbocycles. The van der Waals surface area contributed by atoms with Crippen molar-refractivity contribution in [2.75, 3.05) is 20.1 Å². The Balaban J connectivity index is 1.54. The molecule has 0 radical (unpaired) electrons. The summed E-state index contributed by atoms with van der Waals surface area (Å²) < 4.78 is 5.44. The van der Waals surface area contributed by atoms with Crippen molar-refractivity contribution in [3.05, 3.63) is 65.3 Å². The van der Waals surface area contributed by atoms with Crippen LogP contribution in [0.4, 0.5) is 0 Å². The Morgan fingerprint density at radius 1 is 1.21 bits per heavy atom. The van der Waals surface area contributed by atoms with Gasteiger partial charge in [0.2, 0.25) is 17.6 Å². The zero-order valence-corrected chi connectivity index (χ0v) is 20.1. The number of rotatable bonds is 6. The molecular weight excluding hydrogens is 430 g/mol. The van der Waals surface area contributed by atoms with Crippen LogP contribution in [0.3, 0.4) is 0 Å². The van der Waals surface area contributed by atoms with E-state index >= 15 is 0 Å². The standard InChI is InChI=1S/C26H31N5O3/c1-16(2)17-5-7-19(8-6-17)26(33,25(3)14-31(4)15-25)20-11-18(12-27-13-20)23-29-24(34-30-23)21-9-10-22(32)28-21/h5-8,11-13,16,21,33H,9-10,14-15H2,1-4H3,(H,28,32)/t21-,26?/m1/s1. The molecule has 2 aliphatic heterocycles. The van der Waals surface area contributed by atoms with Crippen molar-refractivity contribution in [3.63, 3.8) is 0 Å². The fourth-order valence-corrected chi connectivity index (χ4v) is 5.40. The van der Waals surface area contributed by atoms with Crippen LogP contribution >= 0.6 is 0 Å². The highest BCUT2D eigenvalue weighted by Gasteiger charge is 2.55. The minimum atomic E-state index is -1.25. The minimum absolute atomic E-state index is 0.0133. The van der Waals surface area contributed by atoms with Crippen LogP contribution in [0.2, 0.25) is 0 Å². The molecule has 1 amide bonds. The van der Waals surface area contributed by atoms with Gasteiger partial charge < -0.3 is 19.8 Å². The van der Waals surface area contributed by atoms with Crippen molar-refractivity contribution < 1.29 is 14.4 Å². The van der Waals surface area contributed by atoms with Crippen molar-refractivity contribution in [2.24, 2.45) is 5.41 Å². The van der Waals surface area contributed by atoms with Crippen LogP contribution in [0.25, 0.3) is 11.4 Å². The molecule has 0 bridgehead atoms. The van der Waals surface area contributed by atoms with Gasteiger partial charge in [0.25, 0.3) is 0 Å². The van der Waals surface area contributed by atoms with E-state index in [0.29, 0.717) is 41.6 Å². The molecular formula is C26H31N5O3. The van der Waals surface area contributed by atoms with Gasteiger partial charge in [-0.05, 0) is 36.6 Å². The van der Waals surface area contributed by atoms with Crippen LogP contribution in [0, 0.1) is 5.41 Å². The van der Waals surface area contributed by atoms with E-state index in [-0.39, 0.29) is 11.9 Å². The normalized spacial score (nSPS) is 21.8. The lowest BCUT2D eigenvalue weighted by molar-refractivity contribution is -0.127. The Hall–Kier alpha value is -3.10. The molecule has 34 heavy (non-hydrogen) atoms. The first-order chi connectivity index (χ1) is 16.2. The van der Waals surface area contributed by atoms with Gasteiger partial charge in [0.15, 0.2) is 0 Å². The Morgan fingerprint density at radius 3 is 2.56 bits per heavy atom. The molecule has 1 aromatic carbocycles. The van der Waals surface area contributed by atoms with Crippen molar-refractivity contribution in [1.82, 2.24) is 25.3 Å². The summed E-state index contributed by atoms with van der Waals surface area (Å²) in [5, 5.41) is 19.4. The second-order valence-electron chi connectivity index (χ2n) is 10.3. The van der Waals surface area contributed by atoms with E-state index in [4.69, 9.17) is 4.52 Å². The molecule has 2 aliphatic rings. The van der Waals surface area contributed by atoms with Gasteiger partial charge in [-0.2, -0.15) is 4.98 Å². The quantitative estimate of drug-likeness (QED) is 0.580. The first-order valence-corrected chi connectivity index (χ1v) is 11.8. The van der Waals surface area contributed by atoms with E-state index in [9.17, 15) is 9.90 Å². The lowest BCUT2D eigenvalue weighted by Crippen LogP contribution is -2.63. The third kappa shape index (κ3) is 3.71. The van der Waals surface area contributed by atoms with Gasteiger partial charge in [0, 0.05) is 48.4 Å². The number of nitrogens with zero attached hydrogens (tertiary/aromatic N) is 4. The predicted molar refractivity (Wildman–Crippen MR) is 127 cm³/mol. The number of hydrogen-bond donors (Lipinski definition) is 2. The molecule has 1 unspecified atom stereocenters. The number of carbonyl (C=O) groups excluding carboxylic acids is 1. The lowest BCUT2D eigenvalue weighted by Gasteiger charge is -2.55. The Kier molecular flexibility index (Phi) is 5.53. The Bertz CT molecular complexity index is 1200. The first-order valence-electron chi connectivity index (χ1n) is 11.8. The zero-order chi connectivity index (χ0) is 24.1. The summed E-state index contributed by atoms with van der Waals surface area (Å²) in [5.41, 5.74) is 1.78. The number of benzene rings is 1. The van der Waals surface area contributed by atoms with Gasteiger partial charge >= 0.3 is 0 Å². The van der Waals surface area contributed by atoms with E-state index in [0.717, 1.165) is 18.7 Å². The molecule has 8 nitrogen and oxygen atoms in total. The zero-order valence-electron chi connectivity index (χ0n) is 20.1.